The molecule has 1 saturated heterocycles. The molecule has 0 spiro atoms. The summed E-state index contributed by atoms with van der Waals surface area (Å²) in [7, 11) is 0. The average molecular weight is 371 g/mol. The van der Waals surface area contributed by atoms with Crippen molar-refractivity contribution in [2.45, 2.75) is 45.2 Å². The summed E-state index contributed by atoms with van der Waals surface area (Å²) in [5.74, 6) is 0.718. The van der Waals surface area contributed by atoms with E-state index in [2.05, 4.69) is 6.72 Å². The standard InChI is InChI=1S/C20H21NO6/c1-10(22)25-17-15-12-8-14-13(23-9-24-14)7-11(12)5-6-21(4)16(15)18-19(17)27-20(2,3)26-18/h7-8,18-19H,4-6,9H2,1-3H3. The fourth-order valence-electron chi connectivity index (χ4n) is 4.24. The molecule has 2 atom stereocenters. The minimum atomic E-state index is -0.774. The highest BCUT2D eigenvalue weighted by Crippen LogP contribution is 2.53. The number of rotatable bonds is 1. The Morgan fingerprint density at radius 1 is 1.30 bits per heavy atom. The molecule has 1 aromatic rings. The van der Waals surface area contributed by atoms with Crippen LogP contribution in [0.1, 0.15) is 31.9 Å². The van der Waals surface area contributed by atoms with Crippen LogP contribution in [0.25, 0.3) is 5.57 Å². The Morgan fingerprint density at radius 2 is 2.04 bits per heavy atom. The Kier molecular flexibility index (Phi) is 3.39. The molecule has 1 aliphatic carbocycles. The molecule has 0 aromatic heterocycles. The van der Waals surface area contributed by atoms with Crippen LogP contribution in [0, 0.1) is 6.04 Å². The van der Waals surface area contributed by atoms with Gasteiger partial charge in [0, 0.05) is 13.3 Å². The maximum atomic E-state index is 11.9. The molecule has 5 rings (SSSR count). The molecule has 0 radical (unpaired) electrons. The molecule has 0 N–H and O–H groups in total. The van der Waals surface area contributed by atoms with E-state index < -0.39 is 17.9 Å². The molecule has 7 heteroatoms. The lowest BCUT2D eigenvalue weighted by atomic mass is 9.95. The predicted molar refractivity (Wildman–Crippen MR) is 94.3 cm³/mol. The number of hydrogen-bond acceptors (Lipinski definition) is 6. The van der Waals surface area contributed by atoms with Gasteiger partial charge in [0.2, 0.25) is 6.79 Å². The number of ether oxygens (including phenoxy) is 5. The van der Waals surface area contributed by atoms with Crippen molar-refractivity contribution in [1.82, 2.24) is 0 Å². The first-order valence-electron chi connectivity index (χ1n) is 9.00. The monoisotopic (exact) mass is 371 g/mol. The summed E-state index contributed by atoms with van der Waals surface area (Å²) < 4.78 is 30.9. The van der Waals surface area contributed by atoms with E-state index in [0.29, 0.717) is 18.1 Å². The molecule has 3 aliphatic heterocycles. The summed E-state index contributed by atoms with van der Waals surface area (Å²) in [6.07, 6.45) is -0.0926. The average Bonchev–Trinajstić information content (AvgIpc) is 3.20. The first kappa shape index (κ1) is 16.6. The highest BCUT2D eigenvalue weighted by molar-refractivity contribution is 5.86. The molecule has 27 heavy (non-hydrogen) atoms. The first-order valence-corrected chi connectivity index (χ1v) is 9.00. The van der Waals surface area contributed by atoms with Crippen LogP contribution in [0.4, 0.5) is 0 Å². The Balaban J connectivity index is 1.73. The normalized spacial score (nSPS) is 27.2. The fourth-order valence-corrected chi connectivity index (χ4v) is 4.24. The number of hydrogen-bond donors (Lipinski definition) is 0. The van der Waals surface area contributed by atoms with Gasteiger partial charge in [0.15, 0.2) is 17.3 Å². The second-order valence-electron chi connectivity index (χ2n) is 7.57. The quantitative estimate of drug-likeness (QED) is 0.428. The van der Waals surface area contributed by atoms with E-state index >= 15 is 0 Å². The minimum absolute atomic E-state index is 0.206. The lowest BCUT2D eigenvalue weighted by Crippen LogP contribution is -2.32. The Labute approximate surface area is 157 Å². The number of carbonyl (C=O) groups is 1. The zero-order chi connectivity index (χ0) is 18.9. The molecular weight excluding hydrogens is 350 g/mol. The largest absolute Gasteiger partial charge is 0.476 e. The molecule has 1 aromatic carbocycles. The maximum absolute atomic E-state index is 11.9. The van der Waals surface area contributed by atoms with E-state index in [9.17, 15) is 4.79 Å². The maximum Gasteiger partial charge on any atom is 0.298 e. The van der Waals surface area contributed by atoms with Gasteiger partial charge in [-0.05, 0) is 31.6 Å². The summed E-state index contributed by atoms with van der Waals surface area (Å²) >= 11 is 0. The first-order chi connectivity index (χ1) is 12.8. The number of benzene rings is 1. The topological polar surface area (TPSA) is 66.2 Å². The van der Waals surface area contributed by atoms with Gasteiger partial charge in [-0.2, -0.15) is 0 Å². The van der Waals surface area contributed by atoms with Crippen molar-refractivity contribution in [3.63, 3.8) is 0 Å². The van der Waals surface area contributed by atoms with Crippen LogP contribution in [0.15, 0.2) is 17.9 Å². The minimum Gasteiger partial charge on any atom is -0.476 e. The van der Waals surface area contributed by atoms with Crippen molar-refractivity contribution >= 4 is 18.3 Å². The van der Waals surface area contributed by atoms with Gasteiger partial charge in [0.25, 0.3) is 5.97 Å². The van der Waals surface area contributed by atoms with Crippen molar-refractivity contribution in [3.8, 4) is 11.5 Å². The molecule has 3 heterocycles. The van der Waals surface area contributed by atoms with Crippen LogP contribution in [-0.4, -0.2) is 48.6 Å². The molecule has 0 saturated carbocycles. The molecule has 142 valence electrons. The van der Waals surface area contributed by atoms with Crippen LogP contribution >= 0.6 is 0 Å². The van der Waals surface area contributed by atoms with Crippen LogP contribution < -0.4 is 9.47 Å². The third kappa shape index (κ3) is 2.45. The lowest BCUT2D eigenvalue weighted by Gasteiger charge is -2.25. The summed E-state index contributed by atoms with van der Waals surface area (Å²) in [5.41, 5.74) is 2.83. The van der Waals surface area contributed by atoms with Crippen molar-refractivity contribution in [2.24, 2.45) is 0 Å². The number of esters is 1. The van der Waals surface area contributed by atoms with Crippen molar-refractivity contribution in [3.05, 3.63) is 35.1 Å². The van der Waals surface area contributed by atoms with E-state index in [1.54, 1.807) is 0 Å². The van der Waals surface area contributed by atoms with E-state index in [1.165, 1.54) is 6.92 Å². The Morgan fingerprint density at radius 3 is 2.78 bits per heavy atom. The number of fused-ring (bicyclic) bond motifs is 6. The second kappa shape index (κ2) is 5.50. The highest BCUT2D eigenvalue weighted by atomic mass is 16.8. The molecule has 0 amide bonds. The van der Waals surface area contributed by atoms with E-state index in [4.69, 9.17) is 23.7 Å². The Hall–Kier alpha value is -2.51. The van der Waals surface area contributed by atoms with Gasteiger partial charge in [0.05, 0.1) is 12.5 Å². The fraction of sp³-hybridized carbons (Fsp3) is 0.450. The SMILES string of the molecule is C=[N+]1CCc2cc3c(cc2C2=C(OC(C)=O)C4OC(C)(C)OC4[C-]21)OCO3. The van der Waals surface area contributed by atoms with Crippen molar-refractivity contribution in [1.29, 1.82) is 0 Å². The summed E-state index contributed by atoms with van der Waals surface area (Å²) in [6.45, 7) is 10.2. The second-order valence-corrected chi connectivity index (χ2v) is 7.57. The van der Waals surface area contributed by atoms with Crippen LogP contribution in [0.5, 0.6) is 11.5 Å². The van der Waals surface area contributed by atoms with Crippen LogP contribution in [-0.2, 0) is 25.4 Å². The van der Waals surface area contributed by atoms with Gasteiger partial charge in [-0.1, -0.05) is 11.1 Å². The molecule has 1 fully saturated rings. The van der Waals surface area contributed by atoms with Gasteiger partial charge in [0.1, 0.15) is 24.8 Å². The summed E-state index contributed by atoms with van der Waals surface area (Å²) in [6, 6.07) is 4.81. The Bertz CT molecular complexity index is 902. The predicted octanol–water partition coefficient (Wildman–Crippen LogP) is 2.02. The lowest BCUT2D eigenvalue weighted by molar-refractivity contribution is -0.503. The van der Waals surface area contributed by atoms with Gasteiger partial charge in [-0.3, -0.25) is 9.37 Å². The highest BCUT2D eigenvalue weighted by Gasteiger charge is 2.55. The van der Waals surface area contributed by atoms with Crippen LogP contribution in [0.2, 0.25) is 0 Å². The smallest absolute Gasteiger partial charge is 0.298 e. The molecule has 2 unspecified atom stereocenters. The van der Waals surface area contributed by atoms with Gasteiger partial charge >= 0.3 is 0 Å². The van der Waals surface area contributed by atoms with E-state index in [-0.39, 0.29) is 12.9 Å². The number of carbonyl (C=O) groups excluding carboxylic acids is 1. The number of nitrogens with zero attached hydrogens (tertiary/aromatic N) is 1. The molecule has 7 nitrogen and oxygen atoms in total. The van der Waals surface area contributed by atoms with Crippen molar-refractivity contribution in [2.75, 3.05) is 13.3 Å². The third-order valence-electron chi connectivity index (χ3n) is 5.24. The van der Waals surface area contributed by atoms with Gasteiger partial charge < -0.3 is 23.7 Å². The van der Waals surface area contributed by atoms with E-state index in [0.717, 1.165) is 34.9 Å². The van der Waals surface area contributed by atoms with Crippen molar-refractivity contribution < 1.29 is 33.1 Å². The molecule has 0 bridgehead atoms. The zero-order valence-corrected chi connectivity index (χ0v) is 15.5. The van der Waals surface area contributed by atoms with Gasteiger partial charge in [-0.15, -0.1) is 0 Å². The third-order valence-corrected chi connectivity index (χ3v) is 5.24. The van der Waals surface area contributed by atoms with Gasteiger partial charge in [-0.25, -0.2) is 0 Å². The summed E-state index contributed by atoms with van der Waals surface area (Å²) in [4.78, 5) is 11.9. The zero-order valence-electron chi connectivity index (χ0n) is 15.5. The summed E-state index contributed by atoms with van der Waals surface area (Å²) in [5, 5.41) is 0. The molecule has 4 aliphatic rings. The van der Waals surface area contributed by atoms with E-state index in [1.807, 2.05) is 30.6 Å². The molecular formula is C20H21NO6. The van der Waals surface area contributed by atoms with Crippen LogP contribution in [0.3, 0.4) is 0 Å².